The lowest BCUT2D eigenvalue weighted by atomic mass is 10.1. The van der Waals surface area contributed by atoms with Crippen molar-refractivity contribution in [2.75, 3.05) is 5.75 Å². The van der Waals surface area contributed by atoms with Crippen molar-refractivity contribution in [1.29, 1.82) is 0 Å². The average Bonchev–Trinajstić information content (AvgIpc) is 3.23. The largest absolute Gasteiger partial charge is 0.360 e. The molecule has 0 amide bonds. The molecule has 0 radical (unpaired) electrons. The minimum absolute atomic E-state index is 0.0329. The molecule has 0 bridgehead atoms. The second kappa shape index (κ2) is 6.25. The van der Waals surface area contributed by atoms with Gasteiger partial charge in [0.05, 0.1) is 15.6 Å². The summed E-state index contributed by atoms with van der Waals surface area (Å²) >= 11 is 7.18. The van der Waals surface area contributed by atoms with Crippen LogP contribution in [0, 0.1) is 13.8 Å². The van der Waals surface area contributed by atoms with Crippen LogP contribution in [0.25, 0.3) is 9.99 Å². The molecule has 3 aromatic rings. The Morgan fingerprint density at radius 3 is 2.81 bits per heavy atom. The van der Waals surface area contributed by atoms with Crippen LogP contribution in [0.2, 0.25) is 0 Å². The number of hydrogen-bond acceptors (Lipinski definition) is 7. The Morgan fingerprint density at radius 2 is 2.15 bits per heavy atom. The third-order valence-corrected chi connectivity index (χ3v) is 7.79. The summed E-state index contributed by atoms with van der Waals surface area (Å²) in [6.07, 6.45) is 2.08. The number of carbonyl (C=O) groups excluding carboxylic acids is 1. The zero-order chi connectivity index (χ0) is 19.5. The standard InChI is InChI=1S/C16H13ClFN3O4S2/c1-7-15(8(2)25-20-7)27(23,24)6-12(22)10-5-21-11-4-3-9(18)13(17)14(11)26-16(21)19-10/h5H,3-4,6H2,1-2H3. The first-order chi connectivity index (χ1) is 12.7. The second-order valence-corrected chi connectivity index (χ2v) is 9.49. The van der Waals surface area contributed by atoms with Gasteiger partial charge in [0.15, 0.2) is 26.3 Å². The van der Waals surface area contributed by atoms with Gasteiger partial charge in [-0.25, -0.2) is 17.8 Å². The summed E-state index contributed by atoms with van der Waals surface area (Å²) in [5, 5.41) is 3.69. The molecule has 4 rings (SSSR count). The maximum Gasteiger partial charge on any atom is 0.198 e. The minimum Gasteiger partial charge on any atom is -0.360 e. The lowest BCUT2D eigenvalue weighted by Gasteiger charge is -2.10. The van der Waals surface area contributed by atoms with E-state index in [0.717, 1.165) is 5.69 Å². The predicted octanol–water partition coefficient (Wildman–Crippen LogP) is 3.48. The number of hydrogen-bond donors (Lipinski definition) is 0. The van der Waals surface area contributed by atoms with E-state index in [1.165, 1.54) is 31.4 Å². The summed E-state index contributed by atoms with van der Waals surface area (Å²) in [5.41, 5.74) is 1.01. The van der Waals surface area contributed by atoms with Crippen molar-refractivity contribution in [2.24, 2.45) is 0 Å². The molecule has 0 saturated heterocycles. The molecule has 3 aromatic heterocycles. The number of imidazole rings is 1. The predicted molar refractivity (Wildman–Crippen MR) is 97.6 cm³/mol. The van der Waals surface area contributed by atoms with E-state index in [2.05, 4.69) is 10.1 Å². The van der Waals surface area contributed by atoms with Gasteiger partial charge in [0.2, 0.25) is 0 Å². The van der Waals surface area contributed by atoms with Gasteiger partial charge in [-0.3, -0.25) is 9.20 Å². The third-order valence-electron chi connectivity index (χ3n) is 4.32. The lowest BCUT2D eigenvalue weighted by Crippen LogP contribution is -2.18. The van der Waals surface area contributed by atoms with Crippen LogP contribution in [0.4, 0.5) is 4.39 Å². The Hall–Kier alpha value is -2.04. The zero-order valence-corrected chi connectivity index (χ0v) is 16.6. The highest BCUT2D eigenvalue weighted by Gasteiger charge is 2.30. The van der Waals surface area contributed by atoms with Gasteiger partial charge in [0.1, 0.15) is 22.2 Å². The molecule has 3 heterocycles. The summed E-state index contributed by atoms with van der Waals surface area (Å²) in [6.45, 7) is 2.98. The van der Waals surface area contributed by atoms with Crippen LogP contribution in [0.3, 0.4) is 0 Å². The number of carbonyl (C=O) groups is 1. The molecule has 0 spiro atoms. The molecule has 0 saturated carbocycles. The van der Waals surface area contributed by atoms with E-state index in [4.69, 9.17) is 16.1 Å². The second-order valence-electron chi connectivity index (χ2n) is 6.21. The van der Waals surface area contributed by atoms with Crippen LogP contribution in [0.15, 0.2) is 21.4 Å². The number of fused-ring (bicyclic) bond motifs is 3. The minimum atomic E-state index is -3.91. The molecule has 11 heteroatoms. The number of Topliss-reactive ketones (excluding diaryl/α,β-unsaturated/α-hetero) is 1. The number of halogens is 2. The topological polar surface area (TPSA) is 94.5 Å². The van der Waals surface area contributed by atoms with E-state index >= 15 is 0 Å². The summed E-state index contributed by atoms with van der Waals surface area (Å²) in [4.78, 5) is 17.7. The Morgan fingerprint density at radius 1 is 1.41 bits per heavy atom. The molecule has 0 atom stereocenters. The van der Waals surface area contributed by atoms with Crippen molar-refractivity contribution >= 4 is 48.6 Å². The highest BCUT2D eigenvalue weighted by atomic mass is 35.5. The van der Waals surface area contributed by atoms with E-state index in [-0.39, 0.29) is 39.3 Å². The molecule has 7 nitrogen and oxygen atoms in total. The van der Waals surface area contributed by atoms with Crippen molar-refractivity contribution in [3.8, 4) is 0 Å². The quantitative estimate of drug-likeness (QED) is 0.589. The van der Waals surface area contributed by atoms with Crippen molar-refractivity contribution < 1.29 is 22.1 Å². The number of rotatable bonds is 4. The SMILES string of the molecule is Cc1noc(C)c1S(=O)(=O)CC(=O)c1cn2c3c(sc2n1)C(Cl)=C(F)CC3. The molecule has 0 fully saturated rings. The van der Waals surface area contributed by atoms with Gasteiger partial charge < -0.3 is 4.52 Å². The van der Waals surface area contributed by atoms with Crippen LogP contribution in [-0.4, -0.2) is 34.5 Å². The molecule has 27 heavy (non-hydrogen) atoms. The van der Waals surface area contributed by atoms with Crippen LogP contribution >= 0.6 is 22.9 Å². The highest BCUT2D eigenvalue weighted by Crippen LogP contribution is 2.40. The number of nitrogens with zero attached hydrogens (tertiary/aromatic N) is 3. The van der Waals surface area contributed by atoms with Crippen molar-refractivity contribution in [3.63, 3.8) is 0 Å². The Kier molecular flexibility index (Phi) is 4.24. The molecule has 142 valence electrons. The summed E-state index contributed by atoms with van der Waals surface area (Å²) < 4.78 is 45.4. The zero-order valence-electron chi connectivity index (χ0n) is 14.2. The van der Waals surface area contributed by atoms with Crippen molar-refractivity contribution in [1.82, 2.24) is 14.5 Å². The first kappa shape index (κ1) is 18.3. The van der Waals surface area contributed by atoms with E-state index in [1.54, 1.807) is 4.40 Å². The molecule has 0 aromatic carbocycles. The van der Waals surface area contributed by atoms with Crippen LogP contribution in [0.5, 0.6) is 0 Å². The number of aryl methyl sites for hydroxylation is 3. The first-order valence-electron chi connectivity index (χ1n) is 7.93. The number of sulfone groups is 1. The van der Waals surface area contributed by atoms with Crippen LogP contribution in [-0.2, 0) is 16.3 Å². The van der Waals surface area contributed by atoms with Gasteiger partial charge in [-0.2, -0.15) is 0 Å². The number of allylic oxidation sites excluding steroid dienone is 1. The Labute approximate surface area is 162 Å². The van der Waals surface area contributed by atoms with Gasteiger partial charge in [0, 0.05) is 18.3 Å². The van der Waals surface area contributed by atoms with Gasteiger partial charge >= 0.3 is 0 Å². The maximum absolute atomic E-state index is 13.7. The Bertz CT molecular complexity index is 1220. The smallest absolute Gasteiger partial charge is 0.198 e. The van der Waals surface area contributed by atoms with Crippen molar-refractivity contribution in [3.05, 3.63) is 39.7 Å². The third kappa shape index (κ3) is 2.91. The van der Waals surface area contributed by atoms with Gasteiger partial charge in [-0.15, -0.1) is 0 Å². The fourth-order valence-corrected chi connectivity index (χ4v) is 6.15. The first-order valence-corrected chi connectivity index (χ1v) is 10.8. The molecule has 0 unspecified atom stereocenters. The van der Waals surface area contributed by atoms with E-state index < -0.39 is 21.4 Å². The maximum atomic E-state index is 13.7. The molecule has 1 aliphatic carbocycles. The number of thiazole rings is 1. The number of aromatic nitrogens is 3. The van der Waals surface area contributed by atoms with E-state index in [0.29, 0.717) is 16.3 Å². The van der Waals surface area contributed by atoms with E-state index in [9.17, 15) is 17.6 Å². The van der Waals surface area contributed by atoms with Crippen molar-refractivity contribution in [2.45, 2.75) is 31.6 Å². The molecule has 0 aliphatic heterocycles. The van der Waals surface area contributed by atoms with Gasteiger partial charge in [-0.1, -0.05) is 28.1 Å². The van der Waals surface area contributed by atoms with Gasteiger partial charge in [-0.05, 0) is 20.3 Å². The monoisotopic (exact) mass is 429 g/mol. The number of ketones is 1. The summed E-state index contributed by atoms with van der Waals surface area (Å²) in [6, 6.07) is 0. The summed E-state index contributed by atoms with van der Waals surface area (Å²) in [7, 11) is -3.91. The molecular weight excluding hydrogens is 417 g/mol. The fraction of sp³-hybridized carbons (Fsp3) is 0.312. The molecular formula is C16H13ClFN3O4S2. The summed E-state index contributed by atoms with van der Waals surface area (Å²) in [5.74, 6) is -1.60. The fourth-order valence-electron chi connectivity index (χ4n) is 3.13. The van der Waals surface area contributed by atoms with Crippen LogP contribution in [0.1, 0.15) is 38.9 Å². The normalized spacial score (nSPS) is 14.8. The Balaban J connectivity index is 1.68. The average molecular weight is 430 g/mol. The lowest BCUT2D eigenvalue weighted by molar-refractivity contribution is 0.101. The van der Waals surface area contributed by atoms with Gasteiger partial charge in [0.25, 0.3) is 0 Å². The molecule has 0 N–H and O–H groups in total. The highest BCUT2D eigenvalue weighted by molar-refractivity contribution is 7.92. The van der Waals surface area contributed by atoms with Crippen LogP contribution < -0.4 is 0 Å². The molecule has 1 aliphatic rings. The van der Waals surface area contributed by atoms with E-state index in [1.807, 2.05) is 0 Å².